The van der Waals surface area contributed by atoms with Crippen molar-refractivity contribution in [2.24, 2.45) is 0 Å². The van der Waals surface area contributed by atoms with Crippen LogP contribution in [0.1, 0.15) is 68.7 Å². The van der Waals surface area contributed by atoms with Crippen LogP contribution in [0.4, 0.5) is 22.4 Å². The van der Waals surface area contributed by atoms with Gasteiger partial charge in [0, 0.05) is 54.6 Å². The van der Waals surface area contributed by atoms with E-state index in [0.29, 0.717) is 17.9 Å². The summed E-state index contributed by atoms with van der Waals surface area (Å²) in [6.45, 7) is 2.91. The van der Waals surface area contributed by atoms with Gasteiger partial charge in [-0.25, -0.2) is 9.78 Å². The summed E-state index contributed by atoms with van der Waals surface area (Å²) >= 11 is 0. The molecule has 5 N–H and O–H groups in total. The fourth-order valence-electron chi connectivity index (χ4n) is 7.27. The van der Waals surface area contributed by atoms with E-state index in [4.69, 9.17) is 0 Å². The molecule has 2 amide bonds. The average Bonchev–Trinajstić information content (AvgIpc) is 3.72. The Morgan fingerprint density at radius 3 is 2.77 bits per heavy atom. The molecule has 8 rings (SSSR count). The number of hydrogen-bond acceptors (Lipinski definition) is 7. The molecule has 2 aliphatic carbocycles. The highest BCUT2D eigenvalue weighted by Crippen LogP contribution is 2.39. The topological polar surface area (TPSA) is 128 Å². The normalized spacial score (nSPS) is 29.6. The first kappa shape index (κ1) is 25.3. The minimum atomic E-state index is 0.121. The zero-order chi connectivity index (χ0) is 26.9. The number of carbonyl (C=O) groups excluding carboxylic acids is 1. The molecular weight excluding hydrogens is 504 g/mol. The molecule has 40 heavy (non-hydrogen) atoms. The van der Waals surface area contributed by atoms with E-state index in [1.165, 1.54) is 4.90 Å². The summed E-state index contributed by atoms with van der Waals surface area (Å²) in [6.07, 6.45) is 11.6. The number of aromatic nitrogens is 5. The molecule has 8 bridgehead atoms. The zero-order valence-electron chi connectivity index (χ0n) is 22.9. The van der Waals surface area contributed by atoms with E-state index in [9.17, 15) is 4.79 Å². The number of rotatable bonds is 3. The third kappa shape index (κ3) is 5.47. The van der Waals surface area contributed by atoms with Gasteiger partial charge < -0.3 is 25.8 Å². The van der Waals surface area contributed by atoms with E-state index in [1.54, 1.807) is 6.20 Å². The highest BCUT2D eigenvalue weighted by molar-refractivity contribution is 5.75. The van der Waals surface area contributed by atoms with Gasteiger partial charge in [0.25, 0.3) is 0 Å². The predicted molar refractivity (Wildman–Crippen MR) is 151 cm³/mol. The minimum absolute atomic E-state index is 0.121. The predicted octanol–water partition coefficient (Wildman–Crippen LogP) is 2.58. The van der Waals surface area contributed by atoms with Crippen LogP contribution in [-0.2, 0) is 6.54 Å². The molecule has 4 atom stereocenters. The largest absolute Gasteiger partial charge is 0.351 e. The number of likely N-dealkylation sites (tertiary alicyclic amines) is 1. The molecule has 3 fully saturated rings. The highest BCUT2D eigenvalue weighted by atomic mass is 16.2. The van der Waals surface area contributed by atoms with Crippen LogP contribution in [-0.4, -0.2) is 73.3 Å². The second kappa shape index (κ2) is 11.0. The van der Waals surface area contributed by atoms with Crippen LogP contribution in [0, 0.1) is 0 Å². The number of anilines is 3. The number of carbonyl (C=O) groups is 1. The molecule has 11 nitrogen and oxygen atoms in total. The molecule has 3 aromatic heterocycles. The summed E-state index contributed by atoms with van der Waals surface area (Å²) in [4.78, 5) is 31.3. The van der Waals surface area contributed by atoms with Crippen molar-refractivity contribution in [3.8, 4) is 0 Å². The number of nitrogens with zero attached hydrogens (tertiary/aromatic N) is 5. The van der Waals surface area contributed by atoms with Crippen LogP contribution in [0.5, 0.6) is 0 Å². The van der Waals surface area contributed by atoms with Crippen molar-refractivity contribution in [1.29, 1.82) is 0 Å². The first-order chi connectivity index (χ1) is 19.7. The molecule has 6 heterocycles. The molecule has 2 saturated carbocycles. The van der Waals surface area contributed by atoms with Gasteiger partial charge in [0.15, 0.2) is 5.82 Å². The van der Waals surface area contributed by atoms with E-state index in [-0.39, 0.29) is 24.2 Å². The van der Waals surface area contributed by atoms with Gasteiger partial charge in [0.1, 0.15) is 12.4 Å². The van der Waals surface area contributed by atoms with E-state index in [1.807, 2.05) is 24.4 Å². The number of quaternary nitrogens is 1. The summed E-state index contributed by atoms with van der Waals surface area (Å²) in [7, 11) is 0. The Hall–Kier alpha value is -3.73. The highest BCUT2D eigenvalue weighted by Gasteiger charge is 2.40. The monoisotopic (exact) mass is 543 g/mol. The lowest BCUT2D eigenvalue weighted by Crippen LogP contribution is -3.09. The standard InChI is InChI=1S/C29H38N10O/c40-29(33-22-11-14-38(18-22)17-21-3-1-2-12-30-21)39-23-8-5-20(6-9-23)32-28-31-13-10-26(35-28)34-27-16-25(36-37-27)19-4-7-24(39)15-19/h1-3,10,12-13,16,19-20,22-24H,4-9,11,14-15,17-18H2,(H,33,40)(H3,31,32,34,35,36,37)/p+1. The van der Waals surface area contributed by atoms with Crippen LogP contribution >= 0.6 is 0 Å². The van der Waals surface area contributed by atoms with E-state index in [2.05, 4.69) is 58.1 Å². The van der Waals surface area contributed by atoms with E-state index in [0.717, 1.165) is 94.0 Å². The van der Waals surface area contributed by atoms with Gasteiger partial charge in [0.2, 0.25) is 5.95 Å². The smallest absolute Gasteiger partial charge is 0.318 e. The van der Waals surface area contributed by atoms with Gasteiger partial charge in [-0.15, -0.1) is 0 Å². The van der Waals surface area contributed by atoms with Crippen molar-refractivity contribution in [2.75, 3.05) is 23.7 Å². The van der Waals surface area contributed by atoms with E-state index >= 15 is 0 Å². The fraction of sp³-hybridized carbons (Fsp3) is 0.552. The number of amides is 2. The maximum absolute atomic E-state index is 14.0. The molecule has 3 aromatic rings. The number of aromatic amines is 1. The van der Waals surface area contributed by atoms with Gasteiger partial charge >= 0.3 is 6.03 Å². The number of H-pyrrole nitrogens is 1. The van der Waals surface area contributed by atoms with Crippen molar-refractivity contribution < 1.29 is 9.69 Å². The van der Waals surface area contributed by atoms with Crippen LogP contribution in [0.25, 0.3) is 0 Å². The zero-order valence-corrected chi connectivity index (χ0v) is 22.9. The summed E-state index contributed by atoms with van der Waals surface area (Å²) in [5.74, 6) is 2.48. The van der Waals surface area contributed by atoms with Crippen LogP contribution < -0.4 is 20.9 Å². The van der Waals surface area contributed by atoms with Gasteiger partial charge in [-0.2, -0.15) is 10.1 Å². The summed E-state index contributed by atoms with van der Waals surface area (Å²) < 4.78 is 0. The van der Waals surface area contributed by atoms with Gasteiger partial charge in [0.05, 0.1) is 24.8 Å². The van der Waals surface area contributed by atoms with Crippen molar-refractivity contribution >= 4 is 23.6 Å². The lowest BCUT2D eigenvalue weighted by atomic mass is 9.89. The van der Waals surface area contributed by atoms with Gasteiger partial charge in [-0.1, -0.05) is 6.07 Å². The lowest BCUT2D eigenvalue weighted by molar-refractivity contribution is -0.902. The number of pyridine rings is 1. The third-order valence-corrected chi connectivity index (χ3v) is 9.27. The lowest BCUT2D eigenvalue weighted by Gasteiger charge is -2.41. The molecule has 0 radical (unpaired) electrons. The van der Waals surface area contributed by atoms with Gasteiger partial charge in [-0.3, -0.25) is 10.1 Å². The number of fused-ring (bicyclic) bond motifs is 2. The van der Waals surface area contributed by atoms with Crippen molar-refractivity contribution in [3.05, 3.63) is 54.1 Å². The Labute approximate surface area is 234 Å². The molecule has 3 aliphatic heterocycles. The molecular formula is C29H39N10O+. The number of urea groups is 1. The SMILES string of the molecule is O=C(NC1CC[NH+](Cc2ccccn2)C1)N1C2CCC(CC2)Nc2nccc(n2)Nc2cc([nH]n2)C2CCC1C2. The Morgan fingerprint density at radius 2 is 1.90 bits per heavy atom. The first-order valence-corrected chi connectivity index (χ1v) is 14.9. The van der Waals surface area contributed by atoms with Crippen molar-refractivity contribution in [1.82, 2.24) is 35.4 Å². The first-order valence-electron chi connectivity index (χ1n) is 14.9. The van der Waals surface area contributed by atoms with Crippen LogP contribution in [0.2, 0.25) is 0 Å². The Bertz CT molecular complexity index is 1310. The fourth-order valence-corrected chi connectivity index (χ4v) is 7.27. The summed E-state index contributed by atoms with van der Waals surface area (Å²) in [5.41, 5.74) is 2.24. The Morgan fingerprint density at radius 1 is 1.00 bits per heavy atom. The Balaban J connectivity index is 1.08. The molecule has 11 heteroatoms. The maximum atomic E-state index is 14.0. The van der Waals surface area contributed by atoms with Crippen molar-refractivity contribution in [3.63, 3.8) is 0 Å². The van der Waals surface area contributed by atoms with Crippen LogP contribution in [0.15, 0.2) is 42.7 Å². The molecule has 0 spiro atoms. The third-order valence-electron chi connectivity index (χ3n) is 9.27. The van der Waals surface area contributed by atoms with E-state index < -0.39 is 0 Å². The quantitative estimate of drug-likeness (QED) is 0.344. The summed E-state index contributed by atoms with van der Waals surface area (Å²) in [6, 6.07) is 11.2. The van der Waals surface area contributed by atoms with Crippen molar-refractivity contribution in [2.45, 2.75) is 88.0 Å². The molecule has 4 unspecified atom stereocenters. The second-order valence-electron chi connectivity index (χ2n) is 12.0. The summed E-state index contributed by atoms with van der Waals surface area (Å²) in [5, 5.41) is 18.1. The Kier molecular flexibility index (Phi) is 6.97. The van der Waals surface area contributed by atoms with Gasteiger partial charge in [-0.05, 0) is 63.1 Å². The maximum Gasteiger partial charge on any atom is 0.318 e. The molecule has 1 saturated heterocycles. The number of hydrogen-bond donors (Lipinski definition) is 5. The number of nitrogens with one attached hydrogen (secondary N) is 5. The molecule has 5 aliphatic rings. The second-order valence-corrected chi connectivity index (χ2v) is 12.0. The molecule has 210 valence electrons. The average molecular weight is 544 g/mol. The van der Waals surface area contributed by atoms with Crippen LogP contribution in [0.3, 0.4) is 0 Å². The molecule has 0 aromatic carbocycles. The minimum Gasteiger partial charge on any atom is -0.351 e.